The third-order valence-corrected chi connectivity index (χ3v) is 5.67. The van der Waals surface area contributed by atoms with E-state index in [0.717, 1.165) is 29.9 Å². The molecule has 31 heavy (non-hydrogen) atoms. The molecule has 4 rings (SSSR count). The highest BCUT2D eigenvalue weighted by Crippen LogP contribution is 2.31. The summed E-state index contributed by atoms with van der Waals surface area (Å²) in [6, 6.07) is 13.7. The van der Waals surface area contributed by atoms with Crippen LogP contribution in [0.4, 0.5) is 11.4 Å². The third kappa shape index (κ3) is 4.33. The van der Waals surface area contributed by atoms with Crippen LogP contribution in [0.3, 0.4) is 0 Å². The van der Waals surface area contributed by atoms with E-state index in [1.807, 2.05) is 19.1 Å². The SMILES string of the molecule is Cc1ccccc1N1C(=O)C(Cl)=C(Nc2ccc(C(=O)NCC3CCCO3)cc2)C1=O. The number of nitrogens with one attached hydrogen (secondary N) is 2. The zero-order chi connectivity index (χ0) is 22.0. The second kappa shape index (κ2) is 8.91. The number of imide groups is 1. The fourth-order valence-electron chi connectivity index (χ4n) is 3.61. The standard InChI is InChI=1S/C23H22ClN3O4/c1-14-5-2-3-7-18(14)27-22(29)19(24)20(23(27)30)26-16-10-8-15(9-11-16)21(28)25-13-17-6-4-12-31-17/h2-3,5,7-11,17,26H,4,6,12-13H2,1H3,(H,25,28). The van der Waals surface area contributed by atoms with Gasteiger partial charge in [0, 0.05) is 24.4 Å². The van der Waals surface area contributed by atoms with Crippen LogP contribution in [0, 0.1) is 6.92 Å². The first kappa shape index (κ1) is 21.1. The number of carbonyl (C=O) groups excluding carboxylic acids is 3. The molecule has 1 fully saturated rings. The summed E-state index contributed by atoms with van der Waals surface area (Å²) in [4.78, 5) is 38.9. The lowest BCUT2D eigenvalue weighted by molar-refractivity contribution is -0.120. The smallest absolute Gasteiger partial charge is 0.283 e. The highest BCUT2D eigenvalue weighted by Gasteiger charge is 2.39. The summed E-state index contributed by atoms with van der Waals surface area (Å²) in [5, 5.41) is 5.60. The maximum absolute atomic E-state index is 12.9. The Kier molecular flexibility index (Phi) is 6.06. The van der Waals surface area contributed by atoms with Crippen molar-refractivity contribution in [1.82, 2.24) is 5.32 Å². The molecule has 2 aliphatic rings. The summed E-state index contributed by atoms with van der Waals surface area (Å²) in [5.74, 6) is -1.30. The Morgan fingerprint density at radius 2 is 1.87 bits per heavy atom. The van der Waals surface area contributed by atoms with Gasteiger partial charge in [-0.25, -0.2) is 4.90 Å². The van der Waals surface area contributed by atoms with Gasteiger partial charge < -0.3 is 15.4 Å². The number of para-hydroxylation sites is 1. The van der Waals surface area contributed by atoms with Gasteiger partial charge in [0.1, 0.15) is 10.7 Å². The highest BCUT2D eigenvalue weighted by atomic mass is 35.5. The van der Waals surface area contributed by atoms with Crippen LogP contribution in [0.5, 0.6) is 0 Å². The van der Waals surface area contributed by atoms with Crippen molar-refractivity contribution < 1.29 is 19.1 Å². The summed E-state index contributed by atoms with van der Waals surface area (Å²) < 4.78 is 5.50. The Morgan fingerprint density at radius 3 is 2.55 bits per heavy atom. The van der Waals surface area contributed by atoms with E-state index in [1.54, 1.807) is 36.4 Å². The van der Waals surface area contributed by atoms with Crippen molar-refractivity contribution in [3.05, 3.63) is 70.4 Å². The van der Waals surface area contributed by atoms with Crippen molar-refractivity contribution in [2.24, 2.45) is 0 Å². The van der Waals surface area contributed by atoms with E-state index in [-0.39, 0.29) is 22.7 Å². The van der Waals surface area contributed by atoms with Gasteiger partial charge in [-0.3, -0.25) is 14.4 Å². The third-order valence-electron chi connectivity index (χ3n) is 5.31. The molecule has 0 spiro atoms. The van der Waals surface area contributed by atoms with Crippen LogP contribution in [-0.4, -0.2) is 37.0 Å². The number of carbonyl (C=O) groups is 3. The van der Waals surface area contributed by atoms with Crippen molar-refractivity contribution in [2.75, 3.05) is 23.4 Å². The molecule has 0 aromatic heterocycles. The molecule has 7 nitrogen and oxygen atoms in total. The summed E-state index contributed by atoms with van der Waals surface area (Å²) in [7, 11) is 0. The Morgan fingerprint density at radius 1 is 1.13 bits per heavy atom. The van der Waals surface area contributed by atoms with Crippen LogP contribution >= 0.6 is 11.6 Å². The maximum atomic E-state index is 12.9. The molecule has 3 amide bonds. The van der Waals surface area contributed by atoms with Gasteiger partial charge in [0.2, 0.25) is 0 Å². The molecule has 2 N–H and O–H groups in total. The van der Waals surface area contributed by atoms with Gasteiger partial charge in [-0.05, 0) is 55.7 Å². The molecule has 2 aromatic rings. The van der Waals surface area contributed by atoms with Crippen LogP contribution in [0.25, 0.3) is 0 Å². The van der Waals surface area contributed by atoms with E-state index in [9.17, 15) is 14.4 Å². The van der Waals surface area contributed by atoms with Gasteiger partial charge >= 0.3 is 0 Å². The van der Waals surface area contributed by atoms with Gasteiger partial charge in [-0.15, -0.1) is 0 Å². The van der Waals surface area contributed by atoms with E-state index in [1.165, 1.54) is 0 Å². The second-order valence-electron chi connectivity index (χ2n) is 7.47. The Balaban J connectivity index is 1.44. The minimum atomic E-state index is -0.575. The van der Waals surface area contributed by atoms with Gasteiger partial charge in [-0.2, -0.15) is 0 Å². The van der Waals surface area contributed by atoms with E-state index in [2.05, 4.69) is 10.6 Å². The molecule has 1 atom stereocenters. The predicted molar refractivity (Wildman–Crippen MR) is 118 cm³/mol. The number of benzene rings is 2. The molecule has 2 heterocycles. The number of anilines is 2. The molecule has 0 saturated carbocycles. The number of amides is 3. The van der Waals surface area contributed by atoms with Crippen LogP contribution in [0.15, 0.2) is 59.3 Å². The van der Waals surface area contributed by atoms with Crippen molar-refractivity contribution in [3.8, 4) is 0 Å². The largest absolute Gasteiger partial charge is 0.376 e. The first-order valence-corrected chi connectivity index (χ1v) is 10.4. The summed E-state index contributed by atoms with van der Waals surface area (Å²) in [6.07, 6.45) is 2.04. The van der Waals surface area contributed by atoms with Crippen LogP contribution in [0.2, 0.25) is 0 Å². The normalized spacial score (nSPS) is 18.6. The van der Waals surface area contributed by atoms with E-state index in [0.29, 0.717) is 23.5 Å². The Labute approximate surface area is 185 Å². The lowest BCUT2D eigenvalue weighted by atomic mass is 10.1. The van der Waals surface area contributed by atoms with Crippen molar-refractivity contribution in [2.45, 2.75) is 25.9 Å². The van der Waals surface area contributed by atoms with E-state index < -0.39 is 11.8 Å². The number of rotatable bonds is 6. The lowest BCUT2D eigenvalue weighted by Gasteiger charge is -2.17. The quantitative estimate of drug-likeness (QED) is 0.674. The van der Waals surface area contributed by atoms with Gasteiger partial charge in [-0.1, -0.05) is 29.8 Å². The molecule has 0 bridgehead atoms. The fourth-order valence-corrected chi connectivity index (χ4v) is 3.82. The minimum absolute atomic E-state index is 0.00510. The topological polar surface area (TPSA) is 87.7 Å². The van der Waals surface area contributed by atoms with Gasteiger partial charge in [0.05, 0.1) is 11.8 Å². The molecule has 1 saturated heterocycles. The molecule has 1 unspecified atom stereocenters. The molecule has 0 radical (unpaired) electrons. The monoisotopic (exact) mass is 439 g/mol. The molecule has 2 aromatic carbocycles. The zero-order valence-electron chi connectivity index (χ0n) is 17.0. The first-order valence-electron chi connectivity index (χ1n) is 10.1. The average Bonchev–Trinajstić information content (AvgIpc) is 3.37. The number of hydrogen-bond acceptors (Lipinski definition) is 5. The number of nitrogens with zero attached hydrogens (tertiary/aromatic N) is 1. The first-order chi connectivity index (χ1) is 15.0. The lowest BCUT2D eigenvalue weighted by Crippen LogP contribution is -2.32. The number of ether oxygens (including phenoxy) is 1. The van der Waals surface area contributed by atoms with Crippen LogP contribution < -0.4 is 15.5 Å². The number of aryl methyl sites for hydroxylation is 1. The number of hydrogen-bond donors (Lipinski definition) is 2. The average molecular weight is 440 g/mol. The molecular weight excluding hydrogens is 418 g/mol. The second-order valence-corrected chi connectivity index (χ2v) is 7.85. The highest BCUT2D eigenvalue weighted by molar-refractivity contribution is 6.53. The molecule has 2 aliphatic heterocycles. The van der Waals surface area contributed by atoms with E-state index in [4.69, 9.17) is 16.3 Å². The molecule has 0 aliphatic carbocycles. The minimum Gasteiger partial charge on any atom is -0.376 e. The summed E-state index contributed by atoms with van der Waals surface area (Å²) in [6.45, 7) is 3.03. The van der Waals surface area contributed by atoms with Crippen molar-refractivity contribution in [3.63, 3.8) is 0 Å². The van der Waals surface area contributed by atoms with Crippen LogP contribution in [0.1, 0.15) is 28.8 Å². The number of halogens is 1. The Hall–Kier alpha value is -3.16. The van der Waals surface area contributed by atoms with Crippen molar-refractivity contribution in [1.29, 1.82) is 0 Å². The maximum Gasteiger partial charge on any atom is 0.283 e. The van der Waals surface area contributed by atoms with Gasteiger partial charge in [0.15, 0.2) is 0 Å². The molecule has 160 valence electrons. The van der Waals surface area contributed by atoms with Crippen molar-refractivity contribution >= 4 is 40.7 Å². The van der Waals surface area contributed by atoms with E-state index >= 15 is 0 Å². The molecule has 8 heteroatoms. The predicted octanol–water partition coefficient (Wildman–Crippen LogP) is 3.34. The fraction of sp³-hybridized carbons (Fsp3) is 0.261. The van der Waals surface area contributed by atoms with Crippen LogP contribution in [-0.2, 0) is 14.3 Å². The van der Waals surface area contributed by atoms with Gasteiger partial charge in [0.25, 0.3) is 17.7 Å². The summed E-state index contributed by atoms with van der Waals surface area (Å²) >= 11 is 6.18. The molecular formula is C23H22ClN3O4. The Bertz CT molecular complexity index is 1060. The zero-order valence-corrected chi connectivity index (χ0v) is 17.7. The summed E-state index contributed by atoms with van der Waals surface area (Å²) in [5.41, 5.74) is 2.31.